The molecule has 2 aliphatic carbocycles. The third kappa shape index (κ3) is 2.71. The van der Waals surface area contributed by atoms with Gasteiger partial charge in [-0.1, -0.05) is 39.5 Å². The Hall–Kier alpha value is -0.0800. The Balaban J connectivity index is 1.79. The fourth-order valence-electron chi connectivity index (χ4n) is 4.99. The molecule has 2 nitrogen and oxygen atoms in total. The SMILES string of the molecule is CC1CCC(C)C(N2CCNCC23CCCCC3)C1. The molecule has 2 heteroatoms. The van der Waals surface area contributed by atoms with Crippen molar-refractivity contribution in [3.63, 3.8) is 0 Å². The molecule has 0 radical (unpaired) electrons. The van der Waals surface area contributed by atoms with E-state index in [2.05, 4.69) is 24.1 Å². The predicted molar refractivity (Wildman–Crippen MR) is 81.4 cm³/mol. The molecule has 0 aromatic carbocycles. The molecule has 3 fully saturated rings. The van der Waals surface area contributed by atoms with E-state index in [1.165, 1.54) is 71.0 Å². The van der Waals surface area contributed by atoms with Crippen LogP contribution in [-0.2, 0) is 0 Å². The van der Waals surface area contributed by atoms with Crippen molar-refractivity contribution in [1.82, 2.24) is 10.2 Å². The van der Waals surface area contributed by atoms with E-state index < -0.39 is 0 Å². The standard InChI is InChI=1S/C17H32N2/c1-14-6-7-15(2)16(12-14)19-11-10-18-13-17(19)8-4-3-5-9-17/h14-16,18H,3-13H2,1-2H3. The van der Waals surface area contributed by atoms with Gasteiger partial charge in [-0.3, -0.25) is 4.90 Å². The second kappa shape index (κ2) is 5.73. The lowest BCUT2D eigenvalue weighted by Gasteiger charge is -2.55. The van der Waals surface area contributed by atoms with Crippen molar-refractivity contribution in [2.45, 2.75) is 76.8 Å². The molecule has 110 valence electrons. The van der Waals surface area contributed by atoms with Crippen molar-refractivity contribution in [1.29, 1.82) is 0 Å². The topological polar surface area (TPSA) is 15.3 Å². The molecule has 1 aliphatic heterocycles. The smallest absolute Gasteiger partial charge is 0.0337 e. The highest BCUT2D eigenvalue weighted by molar-refractivity contribution is 5.02. The average molecular weight is 264 g/mol. The number of rotatable bonds is 1. The second-order valence-electron chi connectivity index (χ2n) is 7.62. The van der Waals surface area contributed by atoms with Gasteiger partial charge in [0.25, 0.3) is 0 Å². The fourth-order valence-corrected chi connectivity index (χ4v) is 4.99. The highest BCUT2D eigenvalue weighted by Gasteiger charge is 2.44. The normalized spacial score (nSPS) is 40.4. The number of hydrogen-bond donors (Lipinski definition) is 1. The molecule has 0 aromatic heterocycles. The fraction of sp³-hybridized carbons (Fsp3) is 1.00. The molecule has 1 spiro atoms. The van der Waals surface area contributed by atoms with Gasteiger partial charge in [-0.2, -0.15) is 0 Å². The van der Waals surface area contributed by atoms with E-state index in [1.54, 1.807) is 0 Å². The maximum Gasteiger partial charge on any atom is 0.0337 e. The Labute approximate surface area is 119 Å². The maximum atomic E-state index is 3.70. The van der Waals surface area contributed by atoms with Crippen molar-refractivity contribution >= 4 is 0 Å². The minimum Gasteiger partial charge on any atom is -0.314 e. The molecule has 1 saturated heterocycles. The molecule has 3 aliphatic rings. The molecular weight excluding hydrogens is 232 g/mol. The van der Waals surface area contributed by atoms with Gasteiger partial charge in [-0.05, 0) is 37.5 Å². The zero-order valence-electron chi connectivity index (χ0n) is 13.0. The van der Waals surface area contributed by atoms with E-state index in [0.717, 1.165) is 17.9 Å². The van der Waals surface area contributed by atoms with Gasteiger partial charge < -0.3 is 5.32 Å². The second-order valence-corrected chi connectivity index (χ2v) is 7.62. The summed E-state index contributed by atoms with van der Waals surface area (Å²) in [6.07, 6.45) is 11.6. The summed E-state index contributed by atoms with van der Waals surface area (Å²) in [5.74, 6) is 1.85. The maximum absolute atomic E-state index is 3.70. The lowest BCUT2D eigenvalue weighted by molar-refractivity contribution is -0.0423. The lowest BCUT2D eigenvalue weighted by Crippen LogP contribution is -2.66. The minimum atomic E-state index is 0.520. The number of nitrogens with zero attached hydrogens (tertiary/aromatic N) is 1. The molecular formula is C17H32N2. The van der Waals surface area contributed by atoms with Gasteiger partial charge in [0, 0.05) is 31.2 Å². The molecule has 0 aromatic rings. The van der Waals surface area contributed by atoms with Crippen LogP contribution in [0.3, 0.4) is 0 Å². The molecule has 3 rings (SSSR count). The van der Waals surface area contributed by atoms with Crippen molar-refractivity contribution in [3.05, 3.63) is 0 Å². The van der Waals surface area contributed by atoms with E-state index in [4.69, 9.17) is 0 Å². The minimum absolute atomic E-state index is 0.520. The van der Waals surface area contributed by atoms with Crippen LogP contribution >= 0.6 is 0 Å². The van der Waals surface area contributed by atoms with E-state index >= 15 is 0 Å². The highest BCUT2D eigenvalue weighted by Crippen LogP contribution is 2.41. The van der Waals surface area contributed by atoms with Crippen LogP contribution in [0, 0.1) is 11.8 Å². The number of nitrogens with one attached hydrogen (secondary N) is 1. The van der Waals surface area contributed by atoms with Crippen LogP contribution in [0.4, 0.5) is 0 Å². The van der Waals surface area contributed by atoms with Gasteiger partial charge in [0.15, 0.2) is 0 Å². The van der Waals surface area contributed by atoms with Crippen LogP contribution in [0.2, 0.25) is 0 Å². The quantitative estimate of drug-likeness (QED) is 0.780. The molecule has 2 saturated carbocycles. The van der Waals surface area contributed by atoms with E-state index in [1.807, 2.05) is 0 Å². The molecule has 0 bridgehead atoms. The van der Waals surface area contributed by atoms with Gasteiger partial charge in [0.1, 0.15) is 0 Å². The van der Waals surface area contributed by atoms with Gasteiger partial charge in [0.2, 0.25) is 0 Å². The van der Waals surface area contributed by atoms with Crippen LogP contribution in [0.25, 0.3) is 0 Å². The summed E-state index contributed by atoms with van der Waals surface area (Å²) in [6, 6.07) is 0.865. The van der Waals surface area contributed by atoms with E-state index in [9.17, 15) is 0 Å². The monoisotopic (exact) mass is 264 g/mol. The Bertz CT molecular complexity index is 287. The summed E-state index contributed by atoms with van der Waals surface area (Å²) in [7, 11) is 0. The molecule has 3 atom stereocenters. The van der Waals surface area contributed by atoms with Gasteiger partial charge >= 0.3 is 0 Å². The van der Waals surface area contributed by atoms with Crippen LogP contribution in [-0.4, -0.2) is 36.1 Å². The first-order valence-electron chi connectivity index (χ1n) is 8.69. The van der Waals surface area contributed by atoms with Crippen LogP contribution in [0.1, 0.15) is 65.2 Å². The summed E-state index contributed by atoms with van der Waals surface area (Å²) in [4.78, 5) is 2.98. The molecule has 3 unspecified atom stereocenters. The van der Waals surface area contributed by atoms with E-state index in [-0.39, 0.29) is 0 Å². The van der Waals surface area contributed by atoms with Crippen molar-refractivity contribution in [2.24, 2.45) is 11.8 Å². The van der Waals surface area contributed by atoms with E-state index in [0.29, 0.717) is 5.54 Å². The lowest BCUT2D eigenvalue weighted by atomic mass is 9.73. The van der Waals surface area contributed by atoms with Gasteiger partial charge in [-0.25, -0.2) is 0 Å². The van der Waals surface area contributed by atoms with Crippen LogP contribution < -0.4 is 5.32 Å². The predicted octanol–water partition coefficient (Wildman–Crippen LogP) is 3.42. The van der Waals surface area contributed by atoms with Crippen LogP contribution in [0.15, 0.2) is 0 Å². The molecule has 0 amide bonds. The zero-order valence-corrected chi connectivity index (χ0v) is 13.0. The Morgan fingerprint density at radius 3 is 2.63 bits per heavy atom. The van der Waals surface area contributed by atoms with Gasteiger partial charge in [-0.15, -0.1) is 0 Å². The first-order valence-corrected chi connectivity index (χ1v) is 8.69. The van der Waals surface area contributed by atoms with Crippen molar-refractivity contribution in [2.75, 3.05) is 19.6 Å². The Morgan fingerprint density at radius 2 is 1.84 bits per heavy atom. The summed E-state index contributed by atoms with van der Waals surface area (Å²) in [5, 5.41) is 3.70. The molecule has 19 heavy (non-hydrogen) atoms. The van der Waals surface area contributed by atoms with Crippen molar-refractivity contribution < 1.29 is 0 Å². The summed E-state index contributed by atoms with van der Waals surface area (Å²) in [6.45, 7) is 8.73. The largest absolute Gasteiger partial charge is 0.314 e. The van der Waals surface area contributed by atoms with Crippen LogP contribution in [0.5, 0.6) is 0 Å². The number of hydrogen-bond acceptors (Lipinski definition) is 2. The summed E-state index contributed by atoms with van der Waals surface area (Å²) in [5.41, 5.74) is 0.520. The third-order valence-corrected chi connectivity index (χ3v) is 6.19. The zero-order chi connectivity index (χ0) is 13.3. The third-order valence-electron chi connectivity index (χ3n) is 6.19. The summed E-state index contributed by atoms with van der Waals surface area (Å²) >= 11 is 0. The first kappa shape index (κ1) is 13.9. The summed E-state index contributed by atoms with van der Waals surface area (Å²) < 4.78 is 0. The highest BCUT2D eigenvalue weighted by atomic mass is 15.3. The molecule has 1 heterocycles. The average Bonchev–Trinajstić information content (AvgIpc) is 2.43. The first-order chi connectivity index (χ1) is 9.21. The van der Waals surface area contributed by atoms with Gasteiger partial charge in [0.05, 0.1) is 0 Å². The molecule has 1 N–H and O–H groups in total. The Kier molecular flexibility index (Phi) is 4.19. The van der Waals surface area contributed by atoms with Crippen molar-refractivity contribution in [3.8, 4) is 0 Å². The Morgan fingerprint density at radius 1 is 1.05 bits per heavy atom. The number of piperazine rings is 1.